The van der Waals surface area contributed by atoms with E-state index in [4.69, 9.17) is 11.6 Å². The number of rotatable bonds is 7. The zero-order valence-corrected chi connectivity index (χ0v) is 23.9. The summed E-state index contributed by atoms with van der Waals surface area (Å²) < 4.78 is 43.5. The Balaban J connectivity index is 1.73. The standard InChI is InChI=1S/C29H27ClFN5O3S/c1-17-15-35(19(3)33-17)26-10-7-21(22-11-25(31)24(16-37)29(13-22)40(4,38)39)12-27(26)36-28(14-32-34-36)18(2)20-5-8-23(30)9-6-20/h5-15,18,37H,16H2,1-4H3. The van der Waals surface area contributed by atoms with E-state index >= 15 is 4.39 Å². The molecule has 3 aromatic carbocycles. The minimum Gasteiger partial charge on any atom is -0.392 e. The van der Waals surface area contributed by atoms with Crippen LogP contribution in [-0.2, 0) is 16.4 Å². The molecule has 40 heavy (non-hydrogen) atoms. The van der Waals surface area contributed by atoms with Crippen molar-refractivity contribution in [2.24, 2.45) is 0 Å². The Bertz CT molecular complexity index is 1830. The molecular formula is C29H27ClFN5O3S. The van der Waals surface area contributed by atoms with Gasteiger partial charge in [-0.2, -0.15) is 0 Å². The van der Waals surface area contributed by atoms with E-state index in [-0.39, 0.29) is 16.4 Å². The summed E-state index contributed by atoms with van der Waals surface area (Å²) in [5.74, 6) is -0.144. The molecule has 0 radical (unpaired) electrons. The van der Waals surface area contributed by atoms with E-state index < -0.39 is 22.3 Å². The van der Waals surface area contributed by atoms with Crippen molar-refractivity contribution in [3.8, 4) is 22.5 Å². The van der Waals surface area contributed by atoms with E-state index in [9.17, 15) is 13.5 Å². The maximum Gasteiger partial charge on any atom is 0.176 e. The molecular weight excluding hydrogens is 553 g/mol. The Morgan fingerprint density at radius 1 is 1.02 bits per heavy atom. The van der Waals surface area contributed by atoms with Gasteiger partial charge in [-0.3, -0.25) is 0 Å². The van der Waals surface area contributed by atoms with Crippen LogP contribution in [0.3, 0.4) is 0 Å². The molecule has 0 aliphatic heterocycles. The maximum absolute atomic E-state index is 15.0. The lowest BCUT2D eigenvalue weighted by atomic mass is 9.97. The zero-order chi connectivity index (χ0) is 28.8. The number of halogens is 2. The highest BCUT2D eigenvalue weighted by molar-refractivity contribution is 7.90. The van der Waals surface area contributed by atoms with E-state index in [0.717, 1.165) is 34.7 Å². The molecule has 0 amide bonds. The quantitative estimate of drug-likeness (QED) is 0.270. The molecule has 2 aromatic heterocycles. The molecule has 0 aliphatic rings. The SMILES string of the molecule is Cc1cn(-c2ccc(-c3cc(F)c(CO)c(S(C)(=O)=O)c3)cc2-n2nncc2C(C)c2ccc(Cl)cc2)c(C)n1. The van der Waals surface area contributed by atoms with Crippen LogP contribution in [0, 0.1) is 19.7 Å². The van der Waals surface area contributed by atoms with Crippen molar-refractivity contribution < 1.29 is 17.9 Å². The van der Waals surface area contributed by atoms with E-state index in [2.05, 4.69) is 15.3 Å². The van der Waals surface area contributed by atoms with Crippen LogP contribution in [-0.4, -0.2) is 44.3 Å². The molecule has 206 valence electrons. The third-order valence-corrected chi connectivity index (χ3v) is 8.32. The first kappa shape index (κ1) is 27.7. The van der Waals surface area contributed by atoms with E-state index in [1.54, 1.807) is 16.9 Å². The number of hydrogen-bond donors (Lipinski definition) is 1. The maximum atomic E-state index is 15.0. The fraction of sp³-hybridized carbons (Fsp3) is 0.207. The molecule has 0 spiro atoms. The summed E-state index contributed by atoms with van der Waals surface area (Å²) in [5, 5.41) is 18.9. The topological polar surface area (TPSA) is 103 Å². The molecule has 5 rings (SSSR count). The highest BCUT2D eigenvalue weighted by Crippen LogP contribution is 2.34. The minimum absolute atomic E-state index is 0.104. The van der Waals surface area contributed by atoms with Crippen LogP contribution in [0.25, 0.3) is 22.5 Å². The van der Waals surface area contributed by atoms with Crippen LogP contribution in [0.15, 0.2) is 71.9 Å². The molecule has 0 aliphatic carbocycles. The Morgan fingerprint density at radius 3 is 2.38 bits per heavy atom. The third kappa shape index (κ3) is 5.17. The second kappa shape index (κ2) is 10.6. The predicted molar refractivity (Wildman–Crippen MR) is 151 cm³/mol. The van der Waals surface area contributed by atoms with Crippen molar-refractivity contribution in [1.29, 1.82) is 0 Å². The molecule has 0 bridgehead atoms. The van der Waals surface area contributed by atoms with E-state index in [1.807, 2.05) is 67.9 Å². The van der Waals surface area contributed by atoms with Gasteiger partial charge in [0.05, 0.1) is 40.5 Å². The van der Waals surface area contributed by atoms with Gasteiger partial charge in [-0.1, -0.05) is 41.9 Å². The number of benzene rings is 3. The monoisotopic (exact) mass is 579 g/mol. The number of aromatic nitrogens is 5. The van der Waals surface area contributed by atoms with Crippen molar-refractivity contribution in [1.82, 2.24) is 24.5 Å². The third-order valence-electron chi connectivity index (χ3n) is 6.90. The molecule has 2 heterocycles. The van der Waals surface area contributed by atoms with Crippen molar-refractivity contribution in [3.63, 3.8) is 0 Å². The van der Waals surface area contributed by atoms with Crippen LogP contribution in [0.2, 0.25) is 5.02 Å². The Kier molecular flexibility index (Phi) is 7.34. The van der Waals surface area contributed by atoms with Gasteiger partial charge in [-0.05, 0) is 66.9 Å². The van der Waals surface area contributed by atoms with Gasteiger partial charge in [0, 0.05) is 29.0 Å². The summed E-state index contributed by atoms with van der Waals surface area (Å²) in [6.45, 7) is 5.10. The molecule has 5 aromatic rings. The Hall–Kier alpha value is -3.86. The Labute approximate surface area is 236 Å². The Morgan fingerprint density at radius 2 is 1.75 bits per heavy atom. The average molecular weight is 580 g/mol. The summed E-state index contributed by atoms with van der Waals surface area (Å²) in [4.78, 5) is 4.28. The number of nitrogens with zero attached hydrogens (tertiary/aromatic N) is 5. The number of hydrogen-bond acceptors (Lipinski definition) is 6. The van der Waals surface area contributed by atoms with Gasteiger partial charge in [0.25, 0.3) is 0 Å². The smallest absolute Gasteiger partial charge is 0.176 e. The van der Waals surface area contributed by atoms with E-state index in [0.29, 0.717) is 21.8 Å². The van der Waals surface area contributed by atoms with Crippen LogP contribution in [0.5, 0.6) is 0 Å². The number of aryl methyl sites for hydroxylation is 2. The first-order chi connectivity index (χ1) is 19.0. The first-order valence-corrected chi connectivity index (χ1v) is 14.7. The lowest BCUT2D eigenvalue weighted by Gasteiger charge is -2.19. The second-order valence-electron chi connectivity index (χ2n) is 9.71. The predicted octanol–water partition coefficient (Wildman–Crippen LogP) is 5.58. The van der Waals surface area contributed by atoms with Gasteiger partial charge in [0.15, 0.2) is 9.84 Å². The normalized spacial score (nSPS) is 12.6. The molecule has 0 saturated carbocycles. The molecule has 1 N–H and O–H groups in total. The fourth-order valence-corrected chi connectivity index (χ4v) is 5.93. The summed E-state index contributed by atoms with van der Waals surface area (Å²) in [5.41, 5.74) is 4.68. The number of imidazole rings is 1. The molecule has 8 nitrogen and oxygen atoms in total. The van der Waals surface area contributed by atoms with Gasteiger partial charge in [0.1, 0.15) is 11.6 Å². The lowest BCUT2D eigenvalue weighted by molar-refractivity contribution is 0.272. The van der Waals surface area contributed by atoms with Crippen LogP contribution < -0.4 is 0 Å². The second-order valence-corrected chi connectivity index (χ2v) is 12.1. The van der Waals surface area contributed by atoms with Gasteiger partial charge >= 0.3 is 0 Å². The summed E-state index contributed by atoms with van der Waals surface area (Å²) >= 11 is 6.10. The number of sulfone groups is 1. The largest absolute Gasteiger partial charge is 0.392 e. The van der Waals surface area contributed by atoms with Crippen molar-refractivity contribution in [2.75, 3.05) is 6.26 Å². The average Bonchev–Trinajstić information content (AvgIpc) is 3.53. The lowest BCUT2D eigenvalue weighted by Crippen LogP contribution is -2.11. The molecule has 1 atom stereocenters. The molecule has 0 saturated heterocycles. The zero-order valence-electron chi connectivity index (χ0n) is 22.3. The van der Waals surface area contributed by atoms with Crippen LogP contribution in [0.4, 0.5) is 4.39 Å². The minimum atomic E-state index is -3.81. The van der Waals surface area contributed by atoms with Crippen LogP contribution >= 0.6 is 11.6 Å². The summed E-state index contributed by atoms with van der Waals surface area (Å²) in [6.07, 6.45) is 4.59. The van der Waals surface area contributed by atoms with Crippen LogP contribution in [0.1, 0.15) is 41.2 Å². The van der Waals surface area contributed by atoms with Gasteiger partial charge in [0.2, 0.25) is 0 Å². The van der Waals surface area contributed by atoms with E-state index in [1.165, 1.54) is 12.1 Å². The highest BCUT2D eigenvalue weighted by Gasteiger charge is 2.22. The van der Waals surface area contributed by atoms with Gasteiger partial charge in [-0.25, -0.2) is 22.5 Å². The van der Waals surface area contributed by atoms with Gasteiger partial charge in [-0.15, -0.1) is 5.10 Å². The van der Waals surface area contributed by atoms with Crippen molar-refractivity contribution >= 4 is 21.4 Å². The van der Waals surface area contributed by atoms with Gasteiger partial charge < -0.3 is 9.67 Å². The van der Waals surface area contributed by atoms with Crippen molar-refractivity contribution in [2.45, 2.75) is 38.2 Å². The highest BCUT2D eigenvalue weighted by atomic mass is 35.5. The number of aliphatic hydroxyl groups is 1. The molecule has 11 heteroatoms. The molecule has 0 fully saturated rings. The summed E-state index contributed by atoms with van der Waals surface area (Å²) in [6, 6.07) is 15.6. The molecule has 1 unspecified atom stereocenters. The van der Waals surface area contributed by atoms with Crippen molar-refractivity contribution in [3.05, 3.63) is 106 Å². The first-order valence-electron chi connectivity index (χ1n) is 12.4. The summed E-state index contributed by atoms with van der Waals surface area (Å²) in [7, 11) is -3.81. The fourth-order valence-electron chi connectivity index (χ4n) is 4.85. The number of aliphatic hydroxyl groups excluding tert-OH is 1.